The van der Waals surface area contributed by atoms with Crippen LogP contribution < -0.4 is 10.6 Å². The van der Waals surface area contributed by atoms with Crippen LogP contribution in [0.1, 0.15) is 16.5 Å². The van der Waals surface area contributed by atoms with Crippen molar-refractivity contribution < 1.29 is 10.1 Å². The normalized spacial score (nSPS) is 11.5. The first-order chi connectivity index (χ1) is 13.3. The van der Waals surface area contributed by atoms with Gasteiger partial charge in [0.1, 0.15) is 6.04 Å². The first-order valence-corrected chi connectivity index (χ1v) is 10.4. The van der Waals surface area contributed by atoms with Crippen LogP contribution in [0, 0.1) is 11.3 Å². The van der Waals surface area contributed by atoms with Gasteiger partial charge in [-0.15, -0.1) is 23.1 Å². The number of benzene rings is 2. The van der Waals surface area contributed by atoms with Crippen LogP contribution in [0.3, 0.4) is 0 Å². The van der Waals surface area contributed by atoms with Crippen molar-refractivity contribution in [2.45, 2.75) is 10.9 Å². The molecular formula is C21H20N3OS2+. The minimum absolute atomic E-state index is 0.0579. The molecule has 4 nitrogen and oxygen atoms in total. The highest BCUT2D eigenvalue weighted by atomic mass is 32.2. The van der Waals surface area contributed by atoms with E-state index < -0.39 is 0 Å². The molecule has 1 aromatic heterocycles. The topological polar surface area (TPSA) is 69.5 Å². The lowest BCUT2D eigenvalue weighted by Crippen LogP contribution is -2.87. The maximum absolute atomic E-state index is 12.5. The van der Waals surface area contributed by atoms with Crippen LogP contribution >= 0.6 is 23.1 Å². The first kappa shape index (κ1) is 19.2. The van der Waals surface area contributed by atoms with Crippen molar-refractivity contribution in [2.24, 2.45) is 0 Å². The first-order valence-electron chi connectivity index (χ1n) is 8.58. The molecule has 2 aromatic carbocycles. The predicted molar refractivity (Wildman–Crippen MR) is 111 cm³/mol. The molecule has 3 rings (SSSR count). The molecule has 27 heavy (non-hydrogen) atoms. The van der Waals surface area contributed by atoms with Gasteiger partial charge in [-0.25, -0.2) is 0 Å². The zero-order valence-electron chi connectivity index (χ0n) is 14.7. The van der Waals surface area contributed by atoms with Gasteiger partial charge in [0.15, 0.2) is 6.54 Å². The molecule has 0 aliphatic carbocycles. The molecule has 0 saturated carbocycles. The predicted octanol–water partition coefficient (Wildman–Crippen LogP) is 3.66. The van der Waals surface area contributed by atoms with Gasteiger partial charge in [-0.2, -0.15) is 5.26 Å². The van der Waals surface area contributed by atoms with Crippen LogP contribution in [-0.4, -0.2) is 18.2 Å². The molecule has 0 saturated heterocycles. The summed E-state index contributed by atoms with van der Waals surface area (Å²) in [4.78, 5) is 14.7. The Morgan fingerprint density at radius 2 is 1.89 bits per heavy atom. The van der Waals surface area contributed by atoms with E-state index in [1.165, 1.54) is 22.2 Å². The lowest BCUT2D eigenvalue weighted by molar-refractivity contribution is -0.675. The largest absolute Gasteiger partial charge is 0.328 e. The van der Waals surface area contributed by atoms with Crippen LogP contribution in [0.4, 0.5) is 5.69 Å². The molecule has 1 heterocycles. The van der Waals surface area contributed by atoms with Crippen molar-refractivity contribution in [1.29, 1.82) is 5.26 Å². The number of amides is 1. The van der Waals surface area contributed by atoms with E-state index >= 15 is 0 Å². The zero-order valence-corrected chi connectivity index (χ0v) is 16.3. The molecule has 0 spiro atoms. The molecule has 0 radical (unpaired) electrons. The summed E-state index contributed by atoms with van der Waals surface area (Å²) in [5, 5.41) is 15.9. The second-order valence-corrected chi connectivity index (χ2v) is 7.83. The Kier molecular flexibility index (Phi) is 7.05. The third kappa shape index (κ3) is 5.44. The van der Waals surface area contributed by atoms with Gasteiger partial charge >= 0.3 is 0 Å². The Hall–Kier alpha value is -2.59. The van der Waals surface area contributed by atoms with Gasteiger partial charge in [-0.3, -0.25) is 4.79 Å². The highest BCUT2D eigenvalue weighted by molar-refractivity contribution is 7.99. The van der Waals surface area contributed by atoms with Crippen LogP contribution in [0.2, 0.25) is 0 Å². The molecule has 0 aliphatic rings. The van der Waals surface area contributed by atoms with Crippen molar-refractivity contribution in [3.63, 3.8) is 0 Å². The average molecular weight is 395 g/mol. The summed E-state index contributed by atoms with van der Waals surface area (Å²) < 4.78 is 0. The maximum Gasteiger partial charge on any atom is 0.279 e. The van der Waals surface area contributed by atoms with Crippen molar-refractivity contribution in [3.8, 4) is 6.07 Å². The molecule has 6 heteroatoms. The summed E-state index contributed by atoms with van der Waals surface area (Å²) in [5.74, 6) is 0.297. The number of nitrogens with two attached hydrogens (primary N) is 1. The van der Waals surface area contributed by atoms with Gasteiger partial charge in [0, 0.05) is 10.5 Å². The quantitative estimate of drug-likeness (QED) is 0.573. The van der Waals surface area contributed by atoms with Crippen molar-refractivity contribution in [2.75, 3.05) is 17.6 Å². The number of quaternary nitrogens is 1. The number of nitrogens with zero attached hydrogens (tertiary/aromatic N) is 1. The molecule has 136 valence electrons. The van der Waals surface area contributed by atoms with Gasteiger partial charge in [-0.05, 0) is 23.6 Å². The third-order valence-electron chi connectivity index (χ3n) is 4.00. The number of thioether (sulfide) groups is 1. The number of nitrogens with one attached hydrogen (secondary N) is 1. The summed E-state index contributed by atoms with van der Waals surface area (Å²) in [6, 6.07) is 24.1. The highest BCUT2D eigenvalue weighted by Gasteiger charge is 2.20. The SMILES string of the molecule is N#CCSc1ccccc1NC(=O)C[NH2+][C@H](c1ccccc1)c1cccs1. The summed E-state index contributed by atoms with van der Waals surface area (Å²) >= 11 is 3.12. The molecule has 1 amide bonds. The van der Waals surface area contributed by atoms with E-state index in [0.717, 1.165) is 10.6 Å². The van der Waals surface area contributed by atoms with E-state index in [0.29, 0.717) is 12.3 Å². The molecule has 0 unspecified atom stereocenters. The minimum atomic E-state index is -0.0579. The Bertz CT molecular complexity index is 905. The smallest absolute Gasteiger partial charge is 0.279 e. The van der Waals surface area contributed by atoms with E-state index in [1.54, 1.807) is 11.3 Å². The third-order valence-corrected chi connectivity index (χ3v) is 5.90. The number of anilines is 1. The van der Waals surface area contributed by atoms with Crippen LogP contribution in [0.15, 0.2) is 77.0 Å². The average Bonchev–Trinajstić information content (AvgIpc) is 3.23. The number of hydrogen-bond donors (Lipinski definition) is 2. The van der Waals surface area contributed by atoms with Gasteiger partial charge in [-0.1, -0.05) is 48.5 Å². The zero-order chi connectivity index (χ0) is 18.9. The Labute approximate surface area is 167 Å². The van der Waals surface area contributed by atoms with Crippen molar-refractivity contribution >= 4 is 34.7 Å². The number of hydrogen-bond acceptors (Lipinski definition) is 4. The number of carbonyl (C=O) groups excluding carboxylic acids is 1. The van der Waals surface area contributed by atoms with Gasteiger partial charge in [0.2, 0.25) is 0 Å². The monoisotopic (exact) mass is 394 g/mol. The maximum atomic E-state index is 12.5. The number of para-hydroxylation sites is 1. The summed E-state index contributed by atoms with van der Waals surface area (Å²) in [7, 11) is 0. The number of rotatable bonds is 8. The van der Waals surface area contributed by atoms with Gasteiger partial charge < -0.3 is 10.6 Å². The molecule has 3 aromatic rings. The molecule has 1 atom stereocenters. The highest BCUT2D eigenvalue weighted by Crippen LogP contribution is 2.26. The Morgan fingerprint density at radius 1 is 1.11 bits per heavy atom. The fraction of sp³-hybridized carbons (Fsp3) is 0.143. The summed E-state index contributed by atoms with van der Waals surface area (Å²) in [6.07, 6.45) is 0. The van der Waals surface area contributed by atoms with E-state index in [4.69, 9.17) is 5.26 Å². The summed E-state index contributed by atoms with van der Waals surface area (Å²) in [6.45, 7) is 0.314. The second kappa shape index (κ2) is 9.93. The molecule has 0 aliphatic heterocycles. The fourth-order valence-corrected chi connectivity index (χ4v) is 4.30. The molecule has 3 N–H and O–H groups in total. The Balaban J connectivity index is 1.66. The lowest BCUT2D eigenvalue weighted by atomic mass is 10.1. The fourth-order valence-electron chi connectivity index (χ4n) is 2.78. The number of carbonyl (C=O) groups is 1. The standard InChI is InChI=1S/C21H19N3OS2/c22-12-14-27-18-10-5-4-9-17(18)24-20(25)15-23-21(19-11-6-13-26-19)16-7-2-1-3-8-16/h1-11,13,21,23H,14-15H2,(H,24,25)/p+1/t21-/m1/s1. The van der Waals surface area contributed by atoms with Crippen molar-refractivity contribution in [3.05, 3.63) is 82.6 Å². The lowest BCUT2D eigenvalue weighted by Gasteiger charge is -2.15. The van der Waals surface area contributed by atoms with Gasteiger partial charge in [0.05, 0.1) is 22.4 Å². The molecular weight excluding hydrogens is 374 g/mol. The second-order valence-electron chi connectivity index (χ2n) is 5.83. The Morgan fingerprint density at radius 3 is 2.63 bits per heavy atom. The van der Waals surface area contributed by atoms with Crippen LogP contribution in [-0.2, 0) is 4.79 Å². The van der Waals surface area contributed by atoms with Crippen molar-refractivity contribution in [1.82, 2.24) is 0 Å². The van der Waals surface area contributed by atoms with E-state index in [-0.39, 0.29) is 11.9 Å². The van der Waals surface area contributed by atoms with E-state index in [2.05, 4.69) is 40.3 Å². The molecule has 0 bridgehead atoms. The van der Waals surface area contributed by atoms with E-state index in [1.807, 2.05) is 48.5 Å². The minimum Gasteiger partial charge on any atom is -0.328 e. The molecule has 0 fully saturated rings. The van der Waals surface area contributed by atoms with E-state index in [9.17, 15) is 4.79 Å². The van der Waals surface area contributed by atoms with Gasteiger partial charge in [0.25, 0.3) is 5.91 Å². The number of nitriles is 1. The van der Waals surface area contributed by atoms with Crippen LogP contribution in [0.5, 0.6) is 0 Å². The van der Waals surface area contributed by atoms with Crippen LogP contribution in [0.25, 0.3) is 0 Å². The summed E-state index contributed by atoms with van der Waals surface area (Å²) in [5.41, 5.74) is 1.93. The number of thiophene rings is 1.